The molecule has 1 N–H and O–H groups in total. The molecule has 0 aliphatic carbocycles. The van der Waals surface area contributed by atoms with E-state index in [0.717, 1.165) is 62.7 Å². The predicted octanol–water partition coefficient (Wildman–Crippen LogP) is 6.54. The Morgan fingerprint density at radius 3 is 2.49 bits per heavy atom. The highest BCUT2D eigenvalue weighted by molar-refractivity contribution is 6.07. The van der Waals surface area contributed by atoms with Gasteiger partial charge < -0.3 is 18.9 Å². The third-order valence-electron chi connectivity index (χ3n) is 7.61. The molecule has 0 radical (unpaired) electrons. The molecule has 37 heavy (non-hydrogen) atoms. The van der Waals surface area contributed by atoms with Gasteiger partial charge in [0.2, 0.25) is 0 Å². The summed E-state index contributed by atoms with van der Waals surface area (Å²) in [5.41, 5.74) is 6.32. The number of fused-ring (bicyclic) bond motifs is 3. The van der Waals surface area contributed by atoms with Crippen molar-refractivity contribution in [2.24, 2.45) is 5.92 Å². The van der Waals surface area contributed by atoms with E-state index in [9.17, 15) is 9.50 Å². The van der Waals surface area contributed by atoms with E-state index in [2.05, 4.69) is 21.9 Å². The molecule has 0 bridgehead atoms. The van der Waals surface area contributed by atoms with Gasteiger partial charge >= 0.3 is 0 Å². The summed E-state index contributed by atoms with van der Waals surface area (Å²) in [6, 6.07) is 15.0. The molecule has 6 nitrogen and oxygen atoms in total. The van der Waals surface area contributed by atoms with Crippen LogP contribution in [0.4, 0.5) is 4.39 Å². The lowest BCUT2D eigenvalue weighted by molar-refractivity contribution is 0.0552. The quantitative estimate of drug-likeness (QED) is 0.297. The second-order valence-electron chi connectivity index (χ2n) is 10.5. The highest BCUT2D eigenvalue weighted by Gasteiger charge is 2.31. The average molecular weight is 500 g/mol. The van der Waals surface area contributed by atoms with Crippen LogP contribution < -0.4 is 0 Å². The number of rotatable bonds is 5. The summed E-state index contributed by atoms with van der Waals surface area (Å²) in [4.78, 5) is 4.92. The van der Waals surface area contributed by atoms with E-state index < -0.39 is 5.60 Å². The van der Waals surface area contributed by atoms with Gasteiger partial charge in [-0.05, 0) is 74.9 Å². The number of hydrogen-bond acceptors (Lipinski definition) is 5. The second-order valence-corrected chi connectivity index (χ2v) is 10.5. The van der Waals surface area contributed by atoms with Crippen LogP contribution in [0.15, 0.2) is 65.5 Å². The molecule has 0 unspecified atom stereocenters. The lowest BCUT2D eigenvalue weighted by atomic mass is 9.86. The fraction of sp³-hybridized carbons (Fsp3) is 0.333. The van der Waals surface area contributed by atoms with Gasteiger partial charge in [0.05, 0.1) is 33.9 Å². The van der Waals surface area contributed by atoms with Crippen molar-refractivity contribution in [2.45, 2.75) is 45.3 Å². The molecule has 4 heterocycles. The Morgan fingerprint density at radius 2 is 1.81 bits per heavy atom. The van der Waals surface area contributed by atoms with Gasteiger partial charge in [-0.25, -0.2) is 4.39 Å². The van der Waals surface area contributed by atoms with E-state index in [1.165, 1.54) is 12.1 Å². The molecule has 0 saturated carbocycles. The normalized spacial score (nSPS) is 16.0. The average Bonchev–Trinajstić information content (AvgIpc) is 3.46. The summed E-state index contributed by atoms with van der Waals surface area (Å²) in [6.45, 7) is 6.89. The maximum absolute atomic E-state index is 14.0. The Bertz CT molecular complexity index is 1570. The smallest absolute Gasteiger partial charge is 0.131 e. The van der Waals surface area contributed by atoms with Crippen molar-refractivity contribution in [3.63, 3.8) is 0 Å². The van der Waals surface area contributed by atoms with E-state index in [4.69, 9.17) is 14.2 Å². The monoisotopic (exact) mass is 499 g/mol. The fourth-order valence-electron chi connectivity index (χ4n) is 5.63. The summed E-state index contributed by atoms with van der Waals surface area (Å²) in [5.74, 6) is 0.0256. The van der Waals surface area contributed by atoms with Crippen molar-refractivity contribution in [3.05, 3.63) is 83.6 Å². The van der Waals surface area contributed by atoms with Gasteiger partial charge in [-0.3, -0.25) is 4.98 Å². The number of hydrogen-bond donors (Lipinski definition) is 1. The van der Waals surface area contributed by atoms with Gasteiger partial charge in [0, 0.05) is 35.9 Å². The highest BCUT2D eigenvalue weighted by Crippen LogP contribution is 2.42. The minimum atomic E-state index is -1.00. The molecule has 0 amide bonds. The Balaban J connectivity index is 1.68. The second kappa shape index (κ2) is 9.08. The number of benzene rings is 2. The number of pyridine rings is 1. The van der Waals surface area contributed by atoms with Gasteiger partial charge in [-0.1, -0.05) is 29.4 Å². The van der Waals surface area contributed by atoms with Gasteiger partial charge in [0.25, 0.3) is 0 Å². The number of ether oxygens (including phenoxy) is 1. The summed E-state index contributed by atoms with van der Waals surface area (Å²) < 4.78 is 27.3. The molecular weight excluding hydrogens is 469 g/mol. The molecule has 6 rings (SSSR count). The Kier molecular flexibility index (Phi) is 5.85. The molecule has 2 aromatic carbocycles. The molecule has 1 saturated heterocycles. The van der Waals surface area contributed by atoms with Crippen LogP contribution >= 0.6 is 0 Å². The lowest BCUT2D eigenvalue weighted by Crippen LogP contribution is -2.27. The van der Waals surface area contributed by atoms with Gasteiger partial charge in [0.1, 0.15) is 12.1 Å². The van der Waals surface area contributed by atoms with Crippen molar-refractivity contribution < 1.29 is 18.8 Å². The number of nitrogens with zero attached hydrogens (tertiary/aromatic N) is 3. The van der Waals surface area contributed by atoms with Crippen LogP contribution in [-0.2, 0) is 10.3 Å². The van der Waals surface area contributed by atoms with E-state index in [-0.39, 0.29) is 17.8 Å². The van der Waals surface area contributed by atoms with E-state index in [1.807, 2.05) is 37.4 Å². The Morgan fingerprint density at radius 1 is 1.05 bits per heavy atom. The maximum atomic E-state index is 14.0. The summed E-state index contributed by atoms with van der Waals surface area (Å²) >= 11 is 0. The van der Waals surface area contributed by atoms with Crippen molar-refractivity contribution in [1.82, 2.24) is 14.7 Å². The van der Waals surface area contributed by atoms with Crippen molar-refractivity contribution >= 4 is 21.9 Å². The molecular formula is C30H30FN3O3. The number of halogens is 1. The van der Waals surface area contributed by atoms with Gasteiger partial charge in [-0.2, -0.15) is 0 Å². The van der Waals surface area contributed by atoms with Crippen LogP contribution in [-0.4, -0.2) is 33.0 Å². The van der Waals surface area contributed by atoms with Crippen molar-refractivity contribution in [3.8, 4) is 11.1 Å². The predicted molar refractivity (Wildman–Crippen MR) is 141 cm³/mol. The first kappa shape index (κ1) is 23.8. The third-order valence-corrected chi connectivity index (χ3v) is 7.61. The zero-order chi connectivity index (χ0) is 25.7. The molecule has 7 heteroatoms. The van der Waals surface area contributed by atoms with E-state index in [1.54, 1.807) is 20.1 Å². The van der Waals surface area contributed by atoms with E-state index >= 15 is 0 Å². The molecule has 5 aromatic rings. The molecule has 1 atom stereocenters. The SMILES string of the molecule is Cc1nocc1-c1cnc2c3ccc(C(C)(C)O)cc3n([C@@H](c3ccc(F)cc3)C3CCOCC3)c2c1. The molecule has 3 aromatic heterocycles. The Hall–Kier alpha value is -3.55. The first-order chi connectivity index (χ1) is 17.8. The maximum Gasteiger partial charge on any atom is 0.131 e. The highest BCUT2D eigenvalue weighted by atomic mass is 19.1. The van der Waals surface area contributed by atoms with Crippen molar-refractivity contribution in [1.29, 1.82) is 0 Å². The first-order valence-corrected chi connectivity index (χ1v) is 12.7. The van der Waals surface area contributed by atoms with Crippen LogP contribution in [0.2, 0.25) is 0 Å². The molecule has 0 spiro atoms. The number of aliphatic hydroxyl groups is 1. The minimum Gasteiger partial charge on any atom is -0.386 e. The van der Waals surface area contributed by atoms with Crippen LogP contribution in [0.5, 0.6) is 0 Å². The fourth-order valence-corrected chi connectivity index (χ4v) is 5.63. The van der Waals surface area contributed by atoms with Crippen LogP contribution in [0.3, 0.4) is 0 Å². The molecule has 1 fully saturated rings. The standard InChI is InChI=1S/C30H30FN3O3/c1-18-25(17-37-33-18)21-14-27-28(32-16-21)24-9-6-22(30(2,3)35)15-26(24)34(27)29(20-10-12-36-13-11-20)19-4-7-23(31)8-5-19/h4-9,14-17,20,29,35H,10-13H2,1-3H3/t29-/m0/s1. The van der Waals surface area contributed by atoms with Gasteiger partial charge in [-0.15, -0.1) is 0 Å². The van der Waals surface area contributed by atoms with E-state index in [0.29, 0.717) is 13.2 Å². The number of aryl methyl sites for hydroxylation is 1. The summed E-state index contributed by atoms with van der Waals surface area (Å²) in [7, 11) is 0. The minimum absolute atomic E-state index is 0.0674. The topological polar surface area (TPSA) is 73.3 Å². The molecule has 1 aliphatic heterocycles. The zero-order valence-electron chi connectivity index (χ0n) is 21.2. The Labute approximate surface area is 214 Å². The summed E-state index contributed by atoms with van der Waals surface area (Å²) in [5, 5.41) is 15.9. The molecule has 1 aliphatic rings. The van der Waals surface area contributed by atoms with Crippen molar-refractivity contribution in [2.75, 3.05) is 13.2 Å². The summed E-state index contributed by atoms with van der Waals surface area (Å²) in [6.07, 6.45) is 5.29. The van der Waals surface area contributed by atoms with Crippen LogP contribution in [0.25, 0.3) is 33.1 Å². The zero-order valence-corrected chi connectivity index (χ0v) is 21.2. The lowest BCUT2D eigenvalue weighted by Gasteiger charge is -2.33. The third kappa shape index (κ3) is 4.22. The first-order valence-electron chi connectivity index (χ1n) is 12.7. The van der Waals surface area contributed by atoms with Crippen LogP contribution in [0, 0.1) is 18.7 Å². The number of aromatic nitrogens is 3. The largest absolute Gasteiger partial charge is 0.386 e. The molecule has 190 valence electrons. The van der Waals surface area contributed by atoms with Crippen LogP contribution in [0.1, 0.15) is 49.6 Å². The van der Waals surface area contributed by atoms with Gasteiger partial charge in [0.15, 0.2) is 0 Å².